The normalized spacial score (nSPS) is 13.8. The van der Waals surface area contributed by atoms with Crippen molar-refractivity contribution in [2.45, 2.75) is 104 Å². The molecule has 0 fully saturated rings. The van der Waals surface area contributed by atoms with Gasteiger partial charge < -0.3 is 12.7 Å². The van der Waals surface area contributed by atoms with Crippen LogP contribution in [-0.2, 0) is 14.3 Å². The molecule has 0 spiro atoms. The quantitative estimate of drug-likeness (QED) is 0.193. The van der Waals surface area contributed by atoms with Crippen molar-refractivity contribution in [3.63, 3.8) is 0 Å². The first-order valence-corrected chi connectivity index (χ1v) is 9.33. The first-order valence-electron chi connectivity index (χ1n) is 9.33. The van der Waals surface area contributed by atoms with E-state index in [1.807, 2.05) is 6.92 Å². The van der Waals surface area contributed by atoms with Gasteiger partial charge in [-0.1, -0.05) is 59.3 Å². The third-order valence-corrected chi connectivity index (χ3v) is 4.68. The van der Waals surface area contributed by atoms with Crippen LogP contribution >= 0.6 is 0 Å². The monoisotopic (exact) mass is 376 g/mol. The van der Waals surface area contributed by atoms with Crippen molar-refractivity contribution in [3.05, 3.63) is 0 Å². The number of carboxylic acid groups (broad SMARTS) is 1. The van der Waals surface area contributed by atoms with Crippen LogP contribution in [0.1, 0.15) is 101 Å². The minimum absolute atomic E-state index is 0. The van der Waals surface area contributed by atoms with Gasteiger partial charge in [0.05, 0.1) is 0 Å². The summed E-state index contributed by atoms with van der Waals surface area (Å²) in [5.41, 5.74) is -0.539. The van der Waals surface area contributed by atoms with E-state index in [2.05, 4.69) is 20.8 Å². The summed E-state index contributed by atoms with van der Waals surface area (Å²) < 4.78 is 5.69. The van der Waals surface area contributed by atoms with Gasteiger partial charge in [-0.2, -0.15) is 0 Å². The molecule has 2 atom stereocenters. The Labute approximate surface area is 212 Å². The molecule has 2 unspecified atom stereocenters. The van der Waals surface area contributed by atoms with E-state index in [4.69, 9.17) is 9.84 Å². The Balaban J connectivity index is -0.000000403. The fourth-order valence-electron chi connectivity index (χ4n) is 3.24. The number of hydrogen-bond acceptors (Lipinski definition) is 3. The van der Waals surface area contributed by atoms with Crippen LogP contribution in [0, 0.1) is 5.92 Å². The molecule has 0 aliphatic heterocycles. The van der Waals surface area contributed by atoms with Crippen LogP contribution in [-0.4, -0.2) is 22.6 Å². The van der Waals surface area contributed by atoms with Gasteiger partial charge in [0.15, 0.2) is 0 Å². The average Bonchev–Trinajstić information content (AvgIpc) is 2.47. The molecule has 0 aromatic rings. The summed E-state index contributed by atoms with van der Waals surface area (Å²) in [6.07, 6.45) is 10.3. The molecule has 1 N–H and O–H groups in total. The number of rotatable bonds is 14. The van der Waals surface area contributed by atoms with Crippen molar-refractivity contribution in [2.75, 3.05) is 0 Å². The molecule has 0 saturated heterocycles. The average molecular weight is 377 g/mol. The number of carbonyl (C=O) groups excluding carboxylic acids is 1. The second-order valence-electron chi connectivity index (χ2n) is 6.77. The number of carbonyl (C=O) groups is 2. The standard InChI is InChI=1S/C19H36O4.K.Li.2H/c1-5-8-10-12-14-19(4,23-18(22)15-17(20)21)16(7-3)13-11-9-6-2;;;;/h16H,5-15H2,1-4H3,(H,20,21);;;;/q;2*+1;2*-1. The van der Waals surface area contributed by atoms with Crippen LogP contribution in [0.2, 0.25) is 0 Å². The minimum Gasteiger partial charge on any atom is -1.00 e. The first-order chi connectivity index (χ1) is 10.9. The third-order valence-electron chi connectivity index (χ3n) is 4.68. The first kappa shape index (κ1) is 30.9. The van der Waals surface area contributed by atoms with Gasteiger partial charge in [-0.25, -0.2) is 0 Å². The maximum atomic E-state index is 11.9. The molecule has 0 bridgehead atoms. The summed E-state index contributed by atoms with van der Waals surface area (Å²) in [4.78, 5) is 22.6. The van der Waals surface area contributed by atoms with E-state index in [0.717, 1.165) is 38.5 Å². The molecule has 0 heterocycles. The minimum atomic E-state index is -1.12. The fraction of sp³-hybridized carbons (Fsp3) is 0.895. The van der Waals surface area contributed by atoms with Gasteiger partial charge in [0.2, 0.25) is 0 Å². The Morgan fingerprint density at radius 1 is 1.04 bits per heavy atom. The maximum absolute atomic E-state index is 11.9. The maximum Gasteiger partial charge on any atom is 1.00 e. The van der Waals surface area contributed by atoms with Crippen molar-refractivity contribution in [2.24, 2.45) is 5.92 Å². The number of unbranched alkanes of at least 4 members (excludes halogenated alkanes) is 5. The van der Waals surface area contributed by atoms with Gasteiger partial charge in [0.25, 0.3) is 0 Å². The Bertz CT molecular complexity index is 363. The summed E-state index contributed by atoms with van der Waals surface area (Å²) in [5, 5.41) is 8.80. The predicted molar refractivity (Wildman–Crippen MR) is 95.7 cm³/mol. The summed E-state index contributed by atoms with van der Waals surface area (Å²) >= 11 is 0. The Hall–Kier alpha value is 1.17. The number of ether oxygens (including phenoxy) is 1. The van der Waals surface area contributed by atoms with E-state index >= 15 is 0 Å². The molecule has 0 rings (SSSR count). The molecule has 0 amide bonds. The molecule has 0 aromatic carbocycles. The Morgan fingerprint density at radius 2 is 1.60 bits per heavy atom. The molecule has 140 valence electrons. The molecular formula is C19H38KLiO4. The van der Waals surface area contributed by atoms with Crippen LogP contribution in [0.3, 0.4) is 0 Å². The number of aliphatic carboxylic acids is 1. The second kappa shape index (κ2) is 18.5. The third kappa shape index (κ3) is 14.8. The zero-order valence-corrected chi connectivity index (χ0v) is 20.7. The smallest absolute Gasteiger partial charge is 1.00 e. The summed E-state index contributed by atoms with van der Waals surface area (Å²) in [5.74, 6) is -1.43. The predicted octanol–water partition coefficient (Wildman–Crippen LogP) is -0.427. The van der Waals surface area contributed by atoms with Crippen LogP contribution in [0.25, 0.3) is 0 Å². The number of hydrogen-bond donors (Lipinski definition) is 1. The van der Waals surface area contributed by atoms with E-state index in [1.54, 1.807) is 0 Å². The molecule has 0 aliphatic rings. The van der Waals surface area contributed by atoms with Crippen molar-refractivity contribution < 1.29 is 92.5 Å². The SMILES string of the molecule is CCCCCCC(C)(OC(=O)CC(=O)O)C(CC)CCCCC.[H-].[H-].[K+].[Li+]. The van der Waals surface area contributed by atoms with Gasteiger partial charge in [-0.15, -0.1) is 0 Å². The molecule has 0 saturated carbocycles. The van der Waals surface area contributed by atoms with Gasteiger partial charge in [-0.05, 0) is 38.5 Å². The van der Waals surface area contributed by atoms with Crippen molar-refractivity contribution >= 4 is 11.9 Å². The molecule has 0 aliphatic carbocycles. The van der Waals surface area contributed by atoms with Gasteiger partial charge in [0.1, 0.15) is 12.0 Å². The van der Waals surface area contributed by atoms with E-state index in [0.29, 0.717) is 5.92 Å². The van der Waals surface area contributed by atoms with E-state index in [9.17, 15) is 9.59 Å². The summed E-state index contributed by atoms with van der Waals surface area (Å²) in [6, 6.07) is 0. The van der Waals surface area contributed by atoms with E-state index in [-0.39, 0.29) is 73.1 Å². The zero-order chi connectivity index (χ0) is 17.7. The van der Waals surface area contributed by atoms with Gasteiger partial charge >= 0.3 is 82.2 Å². The number of esters is 1. The summed E-state index contributed by atoms with van der Waals surface area (Å²) in [7, 11) is 0. The number of carboxylic acids is 1. The topological polar surface area (TPSA) is 63.6 Å². The molecular weight excluding hydrogens is 338 g/mol. The fourth-order valence-corrected chi connectivity index (χ4v) is 3.24. The second-order valence-corrected chi connectivity index (χ2v) is 6.77. The van der Waals surface area contributed by atoms with Crippen LogP contribution in [0.4, 0.5) is 0 Å². The van der Waals surface area contributed by atoms with Gasteiger partial charge in [0, 0.05) is 0 Å². The molecule has 4 nitrogen and oxygen atoms in total. The van der Waals surface area contributed by atoms with Crippen molar-refractivity contribution in [3.8, 4) is 0 Å². The molecule has 0 aromatic heterocycles. The molecule has 0 radical (unpaired) electrons. The van der Waals surface area contributed by atoms with Crippen LogP contribution in [0.15, 0.2) is 0 Å². The van der Waals surface area contributed by atoms with Gasteiger partial charge in [-0.3, -0.25) is 9.59 Å². The Morgan fingerprint density at radius 3 is 2.08 bits per heavy atom. The van der Waals surface area contributed by atoms with E-state index < -0.39 is 24.0 Å². The van der Waals surface area contributed by atoms with Crippen LogP contribution in [0.5, 0.6) is 0 Å². The van der Waals surface area contributed by atoms with Crippen LogP contribution < -0.4 is 70.2 Å². The largest absolute Gasteiger partial charge is 1.00 e. The van der Waals surface area contributed by atoms with Crippen molar-refractivity contribution in [1.29, 1.82) is 0 Å². The Kier molecular flexibility index (Phi) is 22.9. The molecule has 6 heteroatoms. The van der Waals surface area contributed by atoms with Crippen molar-refractivity contribution in [1.82, 2.24) is 0 Å². The zero-order valence-electron chi connectivity index (χ0n) is 19.5. The van der Waals surface area contributed by atoms with E-state index in [1.165, 1.54) is 25.7 Å². The summed E-state index contributed by atoms with van der Waals surface area (Å²) in [6.45, 7) is 8.48. The molecule has 25 heavy (non-hydrogen) atoms.